The molecule has 0 aliphatic rings. The molecule has 0 aromatic heterocycles. The van der Waals surface area contributed by atoms with Gasteiger partial charge in [-0.15, -0.1) is 6.58 Å². The van der Waals surface area contributed by atoms with Crippen LogP contribution in [0, 0.1) is 0 Å². The summed E-state index contributed by atoms with van der Waals surface area (Å²) in [6, 6.07) is 0. The van der Waals surface area contributed by atoms with Crippen molar-refractivity contribution in [3.8, 4) is 0 Å². The van der Waals surface area contributed by atoms with Gasteiger partial charge in [-0.2, -0.15) is 0 Å². The monoisotopic (exact) mass is 226 g/mol. The van der Waals surface area contributed by atoms with Crippen LogP contribution in [0.25, 0.3) is 0 Å². The lowest BCUT2D eigenvalue weighted by molar-refractivity contribution is 0.306. The molecule has 0 amide bonds. The molecule has 0 aromatic rings. The quantitative estimate of drug-likeness (QED) is 0.342. The van der Waals surface area contributed by atoms with Crippen LogP contribution in [0.15, 0.2) is 49.3 Å². The topological polar surface area (TPSA) is 9.23 Å². The summed E-state index contributed by atoms with van der Waals surface area (Å²) in [5.74, 6) is 0.819. The average Bonchev–Trinajstić information content (AvgIpc) is 2.35. The van der Waals surface area contributed by atoms with Gasteiger partial charge in [0.15, 0.2) is 0 Å². The highest BCUT2D eigenvalue weighted by Gasteiger charge is 1.77. The Morgan fingerprint density at radius 3 is 1.25 bits per heavy atom. The predicted molar refractivity (Wildman–Crippen MR) is 78.7 cm³/mol. The van der Waals surface area contributed by atoms with E-state index in [1.165, 1.54) is 0 Å². The molecule has 1 heteroatoms. The highest BCUT2D eigenvalue weighted by molar-refractivity contribution is 5.06. The molecule has 0 spiro atoms. The summed E-state index contributed by atoms with van der Waals surface area (Å²) in [4.78, 5) is 0. The molecule has 16 heavy (non-hydrogen) atoms. The SMILES string of the molecule is C/C=C\C.C=C/C(=C\C)OC.C=CC.CC. The van der Waals surface area contributed by atoms with E-state index >= 15 is 0 Å². The molecular weight excluding hydrogens is 196 g/mol. The van der Waals surface area contributed by atoms with Crippen molar-refractivity contribution in [1.29, 1.82) is 0 Å². The number of methoxy groups -OCH3 is 1. The normalized spacial score (nSPS) is 8.31. The van der Waals surface area contributed by atoms with Crippen LogP contribution in [-0.2, 0) is 4.74 Å². The number of hydrogen-bond acceptors (Lipinski definition) is 1. The highest BCUT2D eigenvalue weighted by Crippen LogP contribution is 1.92. The van der Waals surface area contributed by atoms with E-state index in [0.29, 0.717) is 0 Å². The fourth-order valence-electron chi connectivity index (χ4n) is 0.319. The molecule has 1 nitrogen and oxygen atoms in total. The van der Waals surface area contributed by atoms with Gasteiger partial charge < -0.3 is 4.74 Å². The molecule has 0 N–H and O–H groups in total. The van der Waals surface area contributed by atoms with E-state index < -0.39 is 0 Å². The van der Waals surface area contributed by atoms with Crippen molar-refractivity contribution in [3.05, 3.63) is 49.3 Å². The summed E-state index contributed by atoms with van der Waals surface area (Å²) in [5.41, 5.74) is 0. The number of rotatable bonds is 2. The van der Waals surface area contributed by atoms with Gasteiger partial charge in [0.1, 0.15) is 5.76 Å². The first-order valence-corrected chi connectivity index (χ1v) is 5.65. The van der Waals surface area contributed by atoms with Gasteiger partial charge in [-0.3, -0.25) is 0 Å². The van der Waals surface area contributed by atoms with Gasteiger partial charge in [0, 0.05) is 0 Å². The second-order valence-electron chi connectivity index (χ2n) is 2.17. The molecule has 0 aromatic carbocycles. The van der Waals surface area contributed by atoms with Crippen molar-refractivity contribution in [2.75, 3.05) is 7.11 Å². The van der Waals surface area contributed by atoms with Crippen molar-refractivity contribution in [2.45, 2.75) is 41.5 Å². The summed E-state index contributed by atoms with van der Waals surface area (Å²) in [7, 11) is 1.62. The lowest BCUT2D eigenvalue weighted by Crippen LogP contribution is -1.76. The van der Waals surface area contributed by atoms with E-state index in [9.17, 15) is 0 Å². The van der Waals surface area contributed by atoms with Gasteiger partial charge in [0.2, 0.25) is 0 Å². The number of ether oxygens (including phenoxy) is 1. The molecule has 0 heterocycles. The Morgan fingerprint density at radius 2 is 1.25 bits per heavy atom. The Balaban J connectivity index is -0.0000000685. The van der Waals surface area contributed by atoms with Gasteiger partial charge >= 0.3 is 0 Å². The van der Waals surface area contributed by atoms with E-state index in [1.807, 2.05) is 59.8 Å². The Morgan fingerprint density at radius 1 is 0.938 bits per heavy atom. The van der Waals surface area contributed by atoms with Crippen molar-refractivity contribution in [1.82, 2.24) is 0 Å². The highest BCUT2D eigenvalue weighted by atomic mass is 16.5. The summed E-state index contributed by atoms with van der Waals surface area (Å²) >= 11 is 0. The van der Waals surface area contributed by atoms with Crippen LogP contribution in [0.3, 0.4) is 0 Å². The van der Waals surface area contributed by atoms with E-state index in [-0.39, 0.29) is 0 Å². The van der Waals surface area contributed by atoms with Crippen LogP contribution in [0.1, 0.15) is 41.5 Å². The summed E-state index contributed by atoms with van der Waals surface area (Å²) in [5, 5.41) is 0. The van der Waals surface area contributed by atoms with Crippen LogP contribution < -0.4 is 0 Å². The Labute approximate surface area is 103 Å². The minimum absolute atomic E-state index is 0.819. The molecule has 0 radical (unpaired) electrons. The van der Waals surface area contributed by atoms with Gasteiger partial charge in [-0.25, -0.2) is 0 Å². The first kappa shape index (κ1) is 24.1. The molecule has 96 valence electrons. The molecule has 0 saturated carbocycles. The summed E-state index contributed by atoms with van der Waals surface area (Å²) in [6.07, 6.45) is 9.27. The first-order valence-electron chi connectivity index (χ1n) is 5.65. The van der Waals surface area contributed by atoms with E-state index in [2.05, 4.69) is 13.2 Å². The molecule has 0 bridgehead atoms. The zero-order valence-corrected chi connectivity index (χ0v) is 12.2. The number of allylic oxidation sites excluding steroid dienone is 5. The fraction of sp³-hybridized carbons (Fsp3) is 0.467. The Kier molecular flexibility index (Phi) is 56.1. The molecule has 0 saturated heterocycles. The van der Waals surface area contributed by atoms with Crippen molar-refractivity contribution < 1.29 is 4.74 Å². The molecule has 0 aliphatic heterocycles. The van der Waals surface area contributed by atoms with E-state index in [1.54, 1.807) is 19.3 Å². The lowest BCUT2D eigenvalue weighted by atomic mass is 10.5. The van der Waals surface area contributed by atoms with Crippen molar-refractivity contribution >= 4 is 0 Å². The van der Waals surface area contributed by atoms with Gasteiger partial charge in [0.25, 0.3) is 0 Å². The maximum Gasteiger partial charge on any atom is 0.114 e. The maximum absolute atomic E-state index is 4.79. The van der Waals surface area contributed by atoms with E-state index in [0.717, 1.165) is 5.76 Å². The third kappa shape index (κ3) is 53.2. The van der Waals surface area contributed by atoms with Crippen LogP contribution in [0.4, 0.5) is 0 Å². The summed E-state index contributed by atoms with van der Waals surface area (Å²) in [6.45, 7) is 18.7. The zero-order chi connectivity index (χ0) is 13.8. The van der Waals surface area contributed by atoms with Crippen molar-refractivity contribution in [2.24, 2.45) is 0 Å². The van der Waals surface area contributed by atoms with Crippen molar-refractivity contribution in [3.63, 3.8) is 0 Å². The minimum atomic E-state index is 0.819. The molecule has 0 atom stereocenters. The van der Waals surface area contributed by atoms with Crippen LogP contribution >= 0.6 is 0 Å². The van der Waals surface area contributed by atoms with Gasteiger partial charge in [0.05, 0.1) is 7.11 Å². The van der Waals surface area contributed by atoms with Crippen LogP contribution in [-0.4, -0.2) is 7.11 Å². The lowest BCUT2D eigenvalue weighted by Gasteiger charge is -1.93. The first-order chi connectivity index (χ1) is 7.67. The second-order valence-corrected chi connectivity index (χ2v) is 2.17. The minimum Gasteiger partial charge on any atom is -0.497 e. The molecule has 0 unspecified atom stereocenters. The molecule has 0 aliphatic carbocycles. The smallest absolute Gasteiger partial charge is 0.114 e. The second kappa shape index (κ2) is 37.2. The van der Waals surface area contributed by atoms with Crippen LogP contribution in [0.5, 0.6) is 0 Å². The average molecular weight is 226 g/mol. The molecular formula is C15H30O. The maximum atomic E-state index is 4.79. The third-order valence-electron chi connectivity index (χ3n) is 1.05. The Bertz CT molecular complexity index is 160. The largest absolute Gasteiger partial charge is 0.497 e. The zero-order valence-electron chi connectivity index (χ0n) is 12.2. The van der Waals surface area contributed by atoms with E-state index in [4.69, 9.17) is 4.74 Å². The van der Waals surface area contributed by atoms with Crippen LogP contribution in [0.2, 0.25) is 0 Å². The van der Waals surface area contributed by atoms with Gasteiger partial charge in [-0.05, 0) is 39.8 Å². The molecule has 0 rings (SSSR count). The third-order valence-corrected chi connectivity index (χ3v) is 1.05. The summed E-state index contributed by atoms with van der Waals surface area (Å²) < 4.78 is 4.79. The predicted octanol–water partition coefficient (Wildman–Crippen LogP) is 5.52. The van der Waals surface area contributed by atoms with Gasteiger partial charge in [-0.1, -0.05) is 38.7 Å². The Hall–Kier alpha value is -1.24. The fourth-order valence-corrected chi connectivity index (χ4v) is 0.319. The standard InChI is InChI=1S/C6H10O.C4H8.C3H6.C2H6/c1-4-6(5-2)7-3;1-3-4-2;1-3-2;1-2/h4-5H,1H2,2-3H3;3-4H,1-2H3;3H,1H2,2H3;1-2H3/b6-5+;4-3-;;. The molecule has 0 fully saturated rings. The number of hydrogen-bond donors (Lipinski definition) is 0.